The van der Waals surface area contributed by atoms with Gasteiger partial charge >= 0.3 is 0 Å². The molecule has 0 unspecified atom stereocenters. The van der Waals surface area contributed by atoms with Gasteiger partial charge in [-0.05, 0) is 62.4 Å². The maximum absolute atomic E-state index is 4.84. The van der Waals surface area contributed by atoms with Gasteiger partial charge in [-0.2, -0.15) is 0 Å². The molecule has 0 atom stereocenters. The van der Waals surface area contributed by atoms with Gasteiger partial charge in [-0.1, -0.05) is 0 Å². The molecule has 136 valence electrons. The lowest BCUT2D eigenvalue weighted by atomic mass is 10.1. The minimum atomic E-state index is 0.951. The summed E-state index contributed by atoms with van der Waals surface area (Å²) < 4.78 is 0. The molecule has 0 radical (unpaired) electrons. The van der Waals surface area contributed by atoms with Gasteiger partial charge in [0.15, 0.2) is 0 Å². The van der Waals surface area contributed by atoms with Crippen molar-refractivity contribution in [3.8, 4) is 11.3 Å². The fourth-order valence-electron chi connectivity index (χ4n) is 3.20. The summed E-state index contributed by atoms with van der Waals surface area (Å²) >= 11 is 1.67. The Labute approximate surface area is 162 Å². The van der Waals surface area contributed by atoms with E-state index in [9.17, 15) is 0 Å². The van der Waals surface area contributed by atoms with Crippen molar-refractivity contribution in [1.29, 1.82) is 0 Å². The van der Waals surface area contributed by atoms with E-state index in [-0.39, 0.29) is 0 Å². The lowest BCUT2D eigenvalue weighted by Crippen LogP contribution is -2.18. The van der Waals surface area contributed by atoms with Crippen LogP contribution in [0.5, 0.6) is 0 Å². The van der Waals surface area contributed by atoms with Crippen LogP contribution in [0.25, 0.3) is 27.0 Å². The first-order valence-electron chi connectivity index (χ1n) is 9.01. The number of hydrogen-bond acceptors (Lipinski definition) is 5. The zero-order valence-corrected chi connectivity index (χ0v) is 16.1. The number of pyridine rings is 2. The highest BCUT2D eigenvalue weighted by molar-refractivity contribution is 7.19. The number of anilines is 1. The number of hydrogen-bond donors (Lipinski definition) is 0. The molecule has 6 heteroatoms. The molecule has 5 nitrogen and oxygen atoms in total. The average Bonchev–Trinajstić information content (AvgIpc) is 3.37. The monoisotopic (exact) mass is 375 g/mol. The van der Waals surface area contributed by atoms with Gasteiger partial charge in [-0.15, -0.1) is 11.3 Å². The van der Waals surface area contributed by atoms with Crippen LogP contribution in [0.15, 0.2) is 52.7 Å². The van der Waals surface area contributed by atoms with E-state index in [1.54, 1.807) is 17.5 Å². The third kappa shape index (κ3) is 3.80. The van der Waals surface area contributed by atoms with Crippen molar-refractivity contribution < 1.29 is 0 Å². The first-order chi connectivity index (χ1) is 13.2. The molecule has 1 aliphatic heterocycles. The van der Waals surface area contributed by atoms with Gasteiger partial charge in [0.25, 0.3) is 0 Å². The lowest BCUT2D eigenvalue weighted by molar-refractivity contribution is 0.938. The Morgan fingerprint density at radius 2 is 2.07 bits per heavy atom. The smallest absolute Gasteiger partial charge is 0.128 e. The molecule has 0 aromatic carbocycles. The first kappa shape index (κ1) is 17.5. The van der Waals surface area contributed by atoms with E-state index in [2.05, 4.69) is 56.9 Å². The Balaban J connectivity index is 1.60. The fourth-order valence-corrected chi connectivity index (χ4v) is 4.20. The molecule has 0 spiro atoms. The highest BCUT2D eigenvalue weighted by Gasteiger charge is 2.13. The van der Waals surface area contributed by atoms with E-state index >= 15 is 0 Å². The summed E-state index contributed by atoms with van der Waals surface area (Å²) in [7, 11) is 0. The summed E-state index contributed by atoms with van der Waals surface area (Å²) in [6, 6.07) is 10.5. The van der Waals surface area contributed by atoms with Crippen molar-refractivity contribution in [2.45, 2.75) is 19.8 Å². The largest absolute Gasteiger partial charge is 0.357 e. The van der Waals surface area contributed by atoms with E-state index in [0.717, 1.165) is 50.8 Å². The van der Waals surface area contributed by atoms with Crippen molar-refractivity contribution in [3.63, 3.8) is 0 Å². The van der Waals surface area contributed by atoms with Crippen molar-refractivity contribution in [2.75, 3.05) is 18.0 Å². The summed E-state index contributed by atoms with van der Waals surface area (Å²) in [5.41, 5.74) is 3.08. The second-order valence-electron chi connectivity index (χ2n) is 6.56. The average molecular weight is 376 g/mol. The van der Waals surface area contributed by atoms with Crippen molar-refractivity contribution in [3.05, 3.63) is 47.6 Å². The molecular weight excluding hydrogens is 354 g/mol. The standard InChI is InChI=1S/C21H21N5S/c1-15(12-23-14-22-2)19-11-16-5-7-18(25-21(16)27-19)17-6-8-20(24-13-17)26-9-3-4-10-26/h5-8,11-14H,2-4,9-10H2,1H3/b15-12+,23-14-. The molecule has 1 fully saturated rings. The first-order valence-corrected chi connectivity index (χ1v) is 9.83. The van der Waals surface area contributed by atoms with Gasteiger partial charge in [0, 0.05) is 41.3 Å². The third-order valence-corrected chi connectivity index (χ3v) is 5.84. The van der Waals surface area contributed by atoms with Crippen LogP contribution in [-0.2, 0) is 0 Å². The van der Waals surface area contributed by atoms with Gasteiger partial charge in [-0.25, -0.2) is 15.0 Å². The summed E-state index contributed by atoms with van der Waals surface area (Å²) in [4.78, 5) is 21.7. The van der Waals surface area contributed by atoms with Crippen LogP contribution in [0.2, 0.25) is 0 Å². The normalized spacial score (nSPS) is 15.1. The van der Waals surface area contributed by atoms with E-state index in [1.165, 1.54) is 19.2 Å². The highest BCUT2D eigenvalue weighted by atomic mass is 32.1. The zero-order valence-electron chi connectivity index (χ0n) is 15.3. The molecule has 4 rings (SSSR count). The number of allylic oxidation sites excluding steroid dienone is 1. The number of aliphatic imine (C=N–C) groups is 2. The number of thiophene rings is 1. The Bertz CT molecular complexity index is 1010. The SMILES string of the molecule is C=N/C=N\C=C(/C)c1cc2ccc(-c3ccc(N4CCCC4)nc3)nc2s1. The second-order valence-corrected chi connectivity index (χ2v) is 7.59. The summed E-state index contributed by atoms with van der Waals surface area (Å²) in [5.74, 6) is 1.06. The minimum Gasteiger partial charge on any atom is -0.357 e. The fraction of sp³-hybridized carbons (Fsp3) is 0.238. The van der Waals surface area contributed by atoms with Crippen LogP contribution in [0.3, 0.4) is 0 Å². The van der Waals surface area contributed by atoms with Crippen LogP contribution >= 0.6 is 11.3 Å². The molecule has 0 aliphatic carbocycles. The number of aromatic nitrogens is 2. The third-order valence-electron chi connectivity index (χ3n) is 4.66. The zero-order chi connectivity index (χ0) is 18.6. The van der Waals surface area contributed by atoms with E-state index in [1.807, 2.05) is 13.1 Å². The van der Waals surface area contributed by atoms with E-state index < -0.39 is 0 Å². The van der Waals surface area contributed by atoms with Gasteiger partial charge < -0.3 is 4.90 Å². The van der Waals surface area contributed by atoms with Crippen molar-refractivity contribution >= 4 is 46.0 Å². The molecule has 0 saturated carbocycles. The highest BCUT2D eigenvalue weighted by Crippen LogP contribution is 2.31. The molecule has 3 aromatic heterocycles. The maximum atomic E-state index is 4.84. The van der Waals surface area contributed by atoms with Crippen LogP contribution in [0.4, 0.5) is 5.82 Å². The quantitative estimate of drug-likeness (QED) is 0.463. The van der Waals surface area contributed by atoms with Gasteiger partial charge in [-0.3, -0.25) is 4.99 Å². The van der Waals surface area contributed by atoms with Gasteiger partial charge in [0.2, 0.25) is 0 Å². The van der Waals surface area contributed by atoms with E-state index in [4.69, 9.17) is 4.98 Å². The number of fused-ring (bicyclic) bond motifs is 1. The summed E-state index contributed by atoms with van der Waals surface area (Å²) in [5, 5.41) is 1.14. The lowest BCUT2D eigenvalue weighted by Gasteiger charge is -2.16. The Hall–Kier alpha value is -2.86. The molecule has 0 amide bonds. The topological polar surface area (TPSA) is 53.7 Å². The molecule has 27 heavy (non-hydrogen) atoms. The van der Waals surface area contributed by atoms with Crippen LogP contribution in [-0.4, -0.2) is 36.1 Å². The predicted octanol–water partition coefficient (Wildman–Crippen LogP) is 5.05. The second kappa shape index (κ2) is 7.80. The molecule has 3 aromatic rings. The van der Waals surface area contributed by atoms with Crippen LogP contribution < -0.4 is 4.90 Å². The molecule has 0 bridgehead atoms. The van der Waals surface area contributed by atoms with E-state index in [0.29, 0.717) is 0 Å². The molecule has 1 saturated heterocycles. The minimum absolute atomic E-state index is 0.951. The molecule has 4 heterocycles. The Morgan fingerprint density at radius 3 is 2.81 bits per heavy atom. The van der Waals surface area contributed by atoms with Crippen LogP contribution in [0, 0.1) is 0 Å². The molecule has 1 aliphatic rings. The molecule has 0 N–H and O–H groups in total. The van der Waals surface area contributed by atoms with Gasteiger partial charge in [0.1, 0.15) is 17.0 Å². The van der Waals surface area contributed by atoms with Crippen molar-refractivity contribution in [1.82, 2.24) is 9.97 Å². The predicted molar refractivity (Wildman–Crippen MR) is 116 cm³/mol. The summed E-state index contributed by atoms with van der Waals surface area (Å²) in [6.07, 6.45) is 7.67. The Morgan fingerprint density at radius 1 is 1.22 bits per heavy atom. The Kier molecular flexibility index (Phi) is 5.07. The number of rotatable bonds is 5. The maximum Gasteiger partial charge on any atom is 0.128 e. The van der Waals surface area contributed by atoms with Gasteiger partial charge in [0.05, 0.1) is 5.69 Å². The van der Waals surface area contributed by atoms with Crippen molar-refractivity contribution in [2.24, 2.45) is 9.98 Å². The molecular formula is C21H21N5S. The number of nitrogens with zero attached hydrogens (tertiary/aromatic N) is 5. The van der Waals surface area contributed by atoms with Crippen LogP contribution in [0.1, 0.15) is 24.6 Å². The summed E-state index contributed by atoms with van der Waals surface area (Å²) in [6.45, 7) is 7.63.